The summed E-state index contributed by atoms with van der Waals surface area (Å²) in [5.41, 5.74) is 0.517. The summed E-state index contributed by atoms with van der Waals surface area (Å²) in [7, 11) is 0. The summed E-state index contributed by atoms with van der Waals surface area (Å²) in [6.45, 7) is 0. The van der Waals surface area contributed by atoms with Crippen LogP contribution < -0.4 is 4.90 Å². The van der Waals surface area contributed by atoms with Crippen LogP contribution in [0.15, 0.2) is 42.5 Å². The van der Waals surface area contributed by atoms with E-state index in [-0.39, 0.29) is 35.5 Å². The molecule has 2 amide bonds. The summed E-state index contributed by atoms with van der Waals surface area (Å²) in [6, 6.07) is 4.91. The van der Waals surface area contributed by atoms with E-state index in [4.69, 9.17) is 23.2 Å². The molecule has 23 heavy (non-hydrogen) atoms. The third kappa shape index (κ3) is 1.62. The molecule has 1 aromatic carbocycles. The van der Waals surface area contributed by atoms with Gasteiger partial charge in [-0.3, -0.25) is 9.59 Å². The van der Waals surface area contributed by atoms with Crippen molar-refractivity contribution in [3.8, 4) is 0 Å². The van der Waals surface area contributed by atoms with Crippen LogP contribution >= 0.6 is 23.2 Å². The van der Waals surface area contributed by atoms with Crippen molar-refractivity contribution in [1.82, 2.24) is 0 Å². The minimum Gasteiger partial charge on any atom is -0.274 e. The van der Waals surface area contributed by atoms with Crippen LogP contribution in [0.1, 0.15) is 0 Å². The molecule has 0 N–H and O–H groups in total. The number of carbonyl (C=O) groups is 2. The maximum atomic E-state index is 13.0. The van der Waals surface area contributed by atoms with Gasteiger partial charge in [0, 0.05) is 0 Å². The van der Waals surface area contributed by atoms with Crippen molar-refractivity contribution in [1.29, 1.82) is 0 Å². The van der Waals surface area contributed by atoms with E-state index < -0.39 is 0 Å². The van der Waals surface area contributed by atoms with Crippen LogP contribution in [0, 0.1) is 35.5 Å². The van der Waals surface area contributed by atoms with Gasteiger partial charge in [-0.1, -0.05) is 47.5 Å². The fourth-order valence-electron chi connectivity index (χ4n) is 4.77. The highest BCUT2D eigenvalue weighted by Crippen LogP contribution is 2.59. The molecule has 0 spiro atoms. The average molecular weight is 346 g/mol. The van der Waals surface area contributed by atoms with Crippen molar-refractivity contribution in [3.05, 3.63) is 52.5 Å². The summed E-state index contributed by atoms with van der Waals surface area (Å²) < 4.78 is 0. The van der Waals surface area contributed by atoms with Crippen molar-refractivity contribution < 1.29 is 9.59 Å². The minimum absolute atomic E-state index is 0.100. The van der Waals surface area contributed by atoms with Crippen LogP contribution in [0.3, 0.4) is 0 Å². The van der Waals surface area contributed by atoms with Crippen LogP contribution in [0.5, 0.6) is 0 Å². The minimum atomic E-state index is -0.238. The van der Waals surface area contributed by atoms with E-state index >= 15 is 0 Å². The second-order valence-corrected chi connectivity index (χ2v) is 7.56. The molecule has 0 aromatic heterocycles. The third-order valence-corrected chi connectivity index (χ3v) is 6.57. The second kappa shape index (κ2) is 4.49. The number of rotatable bonds is 1. The van der Waals surface area contributed by atoms with Gasteiger partial charge in [-0.2, -0.15) is 0 Å². The lowest BCUT2D eigenvalue weighted by molar-refractivity contribution is -0.127. The third-order valence-electron chi connectivity index (χ3n) is 5.83. The van der Waals surface area contributed by atoms with Gasteiger partial charge < -0.3 is 0 Å². The predicted molar refractivity (Wildman–Crippen MR) is 88.2 cm³/mol. The number of benzene rings is 1. The number of anilines is 1. The van der Waals surface area contributed by atoms with Crippen molar-refractivity contribution in [2.45, 2.75) is 0 Å². The van der Waals surface area contributed by atoms with Gasteiger partial charge in [-0.05, 0) is 41.9 Å². The topological polar surface area (TPSA) is 37.4 Å². The molecule has 4 aliphatic carbocycles. The maximum Gasteiger partial charge on any atom is 0.238 e. The Labute approximate surface area is 143 Å². The molecule has 116 valence electrons. The Morgan fingerprint density at radius 2 is 1.26 bits per heavy atom. The highest BCUT2D eigenvalue weighted by molar-refractivity contribution is 6.42. The first-order valence-electron chi connectivity index (χ1n) is 7.77. The first kappa shape index (κ1) is 13.8. The molecule has 0 radical (unpaired) electrons. The average Bonchev–Trinajstić information content (AvgIpc) is 2.75. The first-order valence-corrected chi connectivity index (χ1v) is 8.53. The van der Waals surface area contributed by atoms with Crippen LogP contribution in [0.4, 0.5) is 5.69 Å². The molecule has 5 aliphatic rings. The number of hydrogen-bond acceptors (Lipinski definition) is 2. The largest absolute Gasteiger partial charge is 0.274 e. The predicted octanol–water partition coefficient (Wildman–Crippen LogP) is 3.72. The molecule has 1 aromatic rings. The normalized spacial score (nSPS) is 39.5. The van der Waals surface area contributed by atoms with Crippen molar-refractivity contribution in [2.75, 3.05) is 4.90 Å². The zero-order valence-corrected chi connectivity index (χ0v) is 13.5. The second-order valence-electron chi connectivity index (χ2n) is 6.74. The lowest BCUT2D eigenvalue weighted by Gasteiger charge is -2.51. The molecule has 1 heterocycles. The van der Waals surface area contributed by atoms with Crippen LogP contribution in [0.2, 0.25) is 10.0 Å². The molecule has 2 unspecified atom stereocenters. The van der Waals surface area contributed by atoms with Crippen molar-refractivity contribution >= 4 is 40.7 Å². The standard InChI is InChI=1S/C18H13Cl2NO2/c19-13-6-1-8(7-14(13)20)21-17(22)15-11-4-5-12(16(15)18(21)23)10-3-2-9(10)11/h1-7,9-12,15-16H/t9-,10+,11?,12?,15-,16+. The zero-order chi connectivity index (χ0) is 15.9. The summed E-state index contributed by atoms with van der Waals surface area (Å²) in [5.74, 6) is 0.436. The van der Waals surface area contributed by atoms with Crippen molar-refractivity contribution in [2.24, 2.45) is 35.5 Å². The van der Waals surface area contributed by atoms with Gasteiger partial charge in [0.05, 0.1) is 27.6 Å². The molecular formula is C18H13Cl2NO2. The van der Waals surface area contributed by atoms with Crippen LogP contribution in [-0.2, 0) is 9.59 Å². The van der Waals surface area contributed by atoms with Gasteiger partial charge in [0.15, 0.2) is 0 Å². The fourth-order valence-corrected chi connectivity index (χ4v) is 5.06. The van der Waals surface area contributed by atoms with E-state index in [9.17, 15) is 9.59 Å². The van der Waals surface area contributed by atoms with Crippen molar-refractivity contribution in [3.63, 3.8) is 0 Å². The first-order chi connectivity index (χ1) is 11.1. The number of imide groups is 1. The number of amides is 2. The lowest BCUT2D eigenvalue weighted by Crippen LogP contribution is -2.50. The number of hydrogen-bond donors (Lipinski definition) is 0. The highest BCUT2D eigenvalue weighted by atomic mass is 35.5. The quantitative estimate of drug-likeness (QED) is 0.574. The molecule has 6 atom stereocenters. The van der Waals surface area contributed by atoms with Crippen LogP contribution in [0.25, 0.3) is 0 Å². The number of nitrogens with zero attached hydrogens (tertiary/aromatic N) is 1. The van der Waals surface area contributed by atoms with E-state index in [0.29, 0.717) is 27.6 Å². The molecular weight excluding hydrogens is 333 g/mol. The van der Waals surface area contributed by atoms with E-state index in [1.807, 2.05) is 0 Å². The Hall–Kier alpha value is -1.58. The van der Waals surface area contributed by atoms with Crippen LogP contribution in [-0.4, -0.2) is 11.8 Å². The summed E-state index contributed by atoms with van der Waals surface area (Å²) in [6.07, 6.45) is 8.64. The molecule has 1 aliphatic heterocycles. The van der Waals surface area contributed by atoms with E-state index in [2.05, 4.69) is 24.3 Å². The van der Waals surface area contributed by atoms with Gasteiger partial charge in [0.1, 0.15) is 0 Å². The highest BCUT2D eigenvalue weighted by Gasteiger charge is 2.62. The SMILES string of the molecule is O=C1[C@@H]2C3C=CC([C@H]4C=C[C@@H]34)[C@@H]2C(=O)N1c1ccc(Cl)c(Cl)c1. The smallest absolute Gasteiger partial charge is 0.238 e. The molecule has 2 fully saturated rings. The molecule has 2 bridgehead atoms. The molecule has 5 heteroatoms. The Morgan fingerprint density at radius 1 is 0.739 bits per heavy atom. The number of allylic oxidation sites excluding steroid dienone is 4. The molecule has 6 rings (SSSR count). The zero-order valence-electron chi connectivity index (χ0n) is 12.0. The molecule has 1 saturated heterocycles. The monoisotopic (exact) mass is 345 g/mol. The Morgan fingerprint density at radius 3 is 1.74 bits per heavy atom. The molecule has 1 saturated carbocycles. The lowest BCUT2D eigenvalue weighted by atomic mass is 9.50. The Balaban J connectivity index is 1.59. The number of carbonyl (C=O) groups excluding carboxylic acids is 2. The van der Waals surface area contributed by atoms with E-state index in [0.717, 1.165) is 0 Å². The summed E-state index contributed by atoms with van der Waals surface area (Å²) in [5, 5.41) is 0.762. The maximum absolute atomic E-state index is 13.0. The van der Waals surface area contributed by atoms with Gasteiger partial charge in [-0.25, -0.2) is 4.90 Å². The number of halogens is 2. The van der Waals surface area contributed by atoms with Gasteiger partial charge in [0.25, 0.3) is 0 Å². The van der Waals surface area contributed by atoms with Gasteiger partial charge in [-0.15, -0.1) is 0 Å². The Bertz CT molecular complexity index is 775. The fraction of sp³-hybridized carbons (Fsp3) is 0.333. The van der Waals surface area contributed by atoms with Gasteiger partial charge in [0.2, 0.25) is 11.8 Å². The van der Waals surface area contributed by atoms with E-state index in [1.54, 1.807) is 18.2 Å². The summed E-state index contributed by atoms with van der Waals surface area (Å²) in [4.78, 5) is 27.3. The van der Waals surface area contributed by atoms with E-state index in [1.165, 1.54) is 4.90 Å². The summed E-state index contributed by atoms with van der Waals surface area (Å²) >= 11 is 12.0. The molecule has 3 nitrogen and oxygen atoms in total. The Kier molecular flexibility index (Phi) is 2.70. The van der Waals surface area contributed by atoms with Gasteiger partial charge >= 0.3 is 0 Å².